The number of nitrogens with zero attached hydrogens (tertiary/aromatic N) is 3. The first-order valence-corrected chi connectivity index (χ1v) is 9.11. The molecule has 1 atom stereocenters. The van der Waals surface area contributed by atoms with Crippen LogP contribution >= 0.6 is 0 Å². The predicted octanol–water partition coefficient (Wildman–Crippen LogP) is 2.88. The number of aromatic nitrogens is 2. The van der Waals surface area contributed by atoms with E-state index in [1.165, 1.54) is 12.1 Å². The van der Waals surface area contributed by atoms with Crippen LogP contribution < -0.4 is 15.4 Å². The third-order valence-corrected chi connectivity index (χ3v) is 4.65. The number of amides is 1. The van der Waals surface area contributed by atoms with E-state index in [-0.39, 0.29) is 30.9 Å². The summed E-state index contributed by atoms with van der Waals surface area (Å²) in [7, 11) is 0. The molecule has 0 saturated carbocycles. The normalized spacial score (nSPS) is 19.6. The van der Waals surface area contributed by atoms with Crippen LogP contribution in [0.2, 0.25) is 0 Å². The molecule has 1 aromatic carbocycles. The molecule has 4 rings (SSSR count). The van der Waals surface area contributed by atoms with Gasteiger partial charge in [0, 0.05) is 24.9 Å². The largest absolute Gasteiger partial charge is 0.493 e. The molecule has 142 valence electrons. The van der Waals surface area contributed by atoms with Gasteiger partial charge in [-0.05, 0) is 30.7 Å². The molecule has 2 aromatic rings. The fourth-order valence-corrected chi connectivity index (χ4v) is 3.38. The Hall–Kier alpha value is -2.87. The Balaban J connectivity index is 1.72. The number of fused-ring (bicyclic) bond motifs is 2. The lowest BCUT2D eigenvalue weighted by Gasteiger charge is -2.33. The number of carbonyl (C=O) groups is 1. The molecule has 27 heavy (non-hydrogen) atoms. The van der Waals surface area contributed by atoms with Crippen LogP contribution in [-0.2, 0) is 11.3 Å². The Labute approximate surface area is 156 Å². The van der Waals surface area contributed by atoms with E-state index in [1.54, 1.807) is 16.9 Å². The van der Waals surface area contributed by atoms with Gasteiger partial charge in [0.15, 0.2) is 5.82 Å². The number of hydrogen-bond acceptors (Lipinski definition) is 5. The second kappa shape index (κ2) is 7.40. The van der Waals surface area contributed by atoms with E-state index >= 15 is 0 Å². The number of hydrogen-bond donors (Lipinski definition) is 2. The first-order chi connectivity index (χ1) is 13.1. The van der Waals surface area contributed by atoms with Crippen molar-refractivity contribution in [2.45, 2.75) is 32.5 Å². The standard InChI is InChI=1S/C19H22FN5O2/c1-2-7-24-12-13-10-14(20)3-4-16(13)27-9-6-18(26)22-15-11-21-25-8-5-17(24)23-19(15)25/h3-5,8,10-11,17,23H,2,6-7,9,12H2,1H3,(H,22,26). The highest BCUT2D eigenvalue weighted by atomic mass is 19.1. The summed E-state index contributed by atoms with van der Waals surface area (Å²) in [5.41, 5.74) is 1.39. The maximum absolute atomic E-state index is 13.9. The van der Waals surface area contributed by atoms with Gasteiger partial charge < -0.3 is 15.4 Å². The van der Waals surface area contributed by atoms with Crippen LogP contribution in [-0.4, -0.2) is 39.9 Å². The zero-order valence-electron chi connectivity index (χ0n) is 15.1. The molecule has 2 aliphatic rings. The summed E-state index contributed by atoms with van der Waals surface area (Å²) in [5.74, 6) is 0.875. The zero-order chi connectivity index (χ0) is 18.8. The van der Waals surface area contributed by atoms with E-state index in [0.717, 1.165) is 24.3 Å². The minimum absolute atomic E-state index is 0.110. The van der Waals surface area contributed by atoms with Gasteiger partial charge in [0.1, 0.15) is 23.4 Å². The second-order valence-corrected chi connectivity index (χ2v) is 6.65. The van der Waals surface area contributed by atoms with E-state index in [4.69, 9.17) is 4.74 Å². The first-order valence-electron chi connectivity index (χ1n) is 9.11. The molecule has 1 amide bonds. The summed E-state index contributed by atoms with van der Waals surface area (Å²) in [5, 5.41) is 10.6. The van der Waals surface area contributed by atoms with Crippen molar-refractivity contribution in [3.8, 4) is 5.75 Å². The van der Waals surface area contributed by atoms with Gasteiger partial charge >= 0.3 is 0 Å². The molecule has 0 radical (unpaired) electrons. The summed E-state index contributed by atoms with van der Waals surface area (Å²) in [6.45, 7) is 3.66. The molecule has 0 spiro atoms. The highest BCUT2D eigenvalue weighted by Gasteiger charge is 2.25. The number of benzene rings is 1. The van der Waals surface area contributed by atoms with Crippen LogP contribution in [0.15, 0.2) is 30.5 Å². The number of ether oxygens (including phenoxy) is 1. The van der Waals surface area contributed by atoms with Crippen LogP contribution in [0.25, 0.3) is 6.20 Å². The monoisotopic (exact) mass is 371 g/mol. The van der Waals surface area contributed by atoms with Crippen LogP contribution in [0.4, 0.5) is 15.9 Å². The third-order valence-electron chi connectivity index (χ3n) is 4.65. The van der Waals surface area contributed by atoms with E-state index < -0.39 is 0 Å². The molecule has 0 saturated heterocycles. The van der Waals surface area contributed by atoms with Crippen molar-refractivity contribution < 1.29 is 13.9 Å². The van der Waals surface area contributed by atoms with Gasteiger partial charge in [0.25, 0.3) is 0 Å². The fourth-order valence-electron chi connectivity index (χ4n) is 3.38. The minimum Gasteiger partial charge on any atom is -0.493 e. The quantitative estimate of drug-likeness (QED) is 0.849. The number of anilines is 2. The smallest absolute Gasteiger partial charge is 0.227 e. The van der Waals surface area contributed by atoms with Gasteiger partial charge in [0.05, 0.1) is 19.2 Å². The molecular weight excluding hydrogens is 349 g/mol. The second-order valence-electron chi connectivity index (χ2n) is 6.65. The van der Waals surface area contributed by atoms with Gasteiger partial charge in [-0.25, -0.2) is 9.07 Å². The highest BCUT2D eigenvalue weighted by Crippen LogP contribution is 2.29. The van der Waals surface area contributed by atoms with Crippen LogP contribution in [0.5, 0.6) is 5.75 Å². The van der Waals surface area contributed by atoms with Crippen molar-refractivity contribution >= 4 is 23.6 Å². The molecule has 8 heteroatoms. The lowest BCUT2D eigenvalue weighted by Crippen LogP contribution is -2.41. The molecule has 1 unspecified atom stereocenters. The molecule has 3 heterocycles. The van der Waals surface area contributed by atoms with E-state index in [0.29, 0.717) is 18.0 Å². The summed E-state index contributed by atoms with van der Waals surface area (Å²) < 4.78 is 21.3. The van der Waals surface area contributed by atoms with Crippen molar-refractivity contribution in [2.24, 2.45) is 0 Å². The van der Waals surface area contributed by atoms with Crippen molar-refractivity contribution in [1.29, 1.82) is 0 Å². The lowest BCUT2D eigenvalue weighted by atomic mass is 10.1. The van der Waals surface area contributed by atoms with Crippen molar-refractivity contribution in [1.82, 2.24) is 14.7 Å². The average molecular weight is 371 g/mol. The van der Waals surface area contributed by atoms with Crippen molar-refractivity contribution in [3.05, 3.63) is 41.9 Å². The maximum Gasteiger partial charge on any atom is 0.227 e. The summed E-state index contributed by atoms with van der Waals surface area (Å²) in [6, 6.07) is 4.51. The molecule has 2 N–H and O–H groups in total. The molecule has 2 bridgehead atoms. The van der Waals surface area contributed by atoms with Crippen molar-refractivity contribution in [3.63, 3.8) is 0 Å². The lowest BCUT2D eigenvalue weighted by molar-refractivity contribution is -0.116. The Bertz CT molecular complexity index is 879. The van der Waals surface area contributed by atoms with Gasteiger partial charge in [-0.2, -0.15) is 5.10 Å². The van der Waals surface area contributed by atoms with Crippen LogP contribution in [0.3, 0.4) is 0 Å². The van der Waals surface area contributed by atoms with Gasteiger partial charge in [0.2, 0.25) is 5.91 Å². The molecule has 0 aliphatic carbocycles. The molecule has 2 aliphatic heterocycles. The number of nitrogens with one attached hydrogen (secondary N) is 2. The van der Waals surface area contributed by atoms with Gasteiger partial charge in [-0.1, -0.05) is 6.92 Å². The Morgan fingerprint density at radius 2 is 2.30 bits per heavy atom. The van der Waals surface area contributed by atoms with E-state index in [1.807, 2.05) is 12.3 Å². The minimum atomic E-state index is -0.302. The summed E-state index contributed by atoms with van der Waals surface area (Å²) >= 11 is 0. The van der Waals surface area contributed by atoms with Crippen molar-refractivity contribution in [2.75, 3.05) is 23.8 Å². The summed E-state index contributed by atoms with van der Waals surface area (Å²) in [4.78, 5) is 14.5. The summed E-state index contributed by atoms with van der Waals surface area (Å²) in [6.07, 6.45) is 6.53. The van der Waals surface area contributed by atoms with Gasteiger partial charge in [-0.15, -0.1) is 0 Å². The van der Waals surface area contributed by atoms with E-state index in [9.17, 15) is 9.18 Å². The van der Waals surface area contributed by atoms with Crippen LogP contribution in [0.1, 0.15) is 25.3 Å². The highest BCUT2D eigenvalue weighted by molar-refractivity contribution is 5.94. The number of halogens is 1. The maximum atomic E-state index is 13.9. The number of carbonyl (C=O) groups excluding carboxylic acids is 1. The Kier molecular flexibility index (Phi) is 4.81. The first kappa shape index (κ1) is 17.5. The Morgan fingerprint density at radius 3 is 3.15 bits per heavy atom. The predicted molar refractivity (Wildman–Crippen MR) is 101 cm³/mol. The Morgan fingerprint density at radius 1 is 1.41 bits per heavy atom. The average Bonchev–Trinajstić information content (AvgIpc) is 3.04. The molecular formula is C19H22FN5O2. The molecule has 7 nitrogen and oxygen atoms in total. The number of rotatable bonds is 2. The van der Waals surface area contributed by atoms with Crippen LogP contribution in [0, 0.1) is 5.82 Å². The van der Waals surface area contributed by atoms with E-state index in [2.05, 4.69) is 27.6 Å². The topological polar surface area (TPSA) is 71.4 Å². The van der Waals surface area contributed by atoms with Gasteiger partial charge in [-0.3, -0.25) is 9.69 Å². The SMILES string of the molecule is CCCN1Cc2cc(F)ccc2OCCC(=O)Nc2cnn3c2NC1C=C3. The molecule has 0 fully saturated rings. The molecule has 1 aromatic heterocycles. The fraction of sp³-hybridized carbons (Fsp3) is 0.368. The zero-order valence-corrected chi connectivity index (χ0v) is 15.1. The third kappa shape index (κ3) is 3.66.